The molecule has 2 aromatic carbocycles. The van der Waals surface area contributed by atoms with Gasteiger partial charge < -0.3 is 15.0 Å². The van der Waals surface area contributed by atoms with Crippen molar-refractivity contribution in [1.29, 1.82) is 0 Å². The third-order valence-electron chi connectivity index (χ3n) is 4.44. The van der Waals surface area contributed by atoms with Crippen molar-refractivity contribution in [2.45, 2.75) is 32.4 Å². The second-order valence-electron chi connectivity index (χ2n) is 6.26. The summed E-state index contributed by atoms with van der Waals surface area (Å²) in [5.74, 6) is 1.60. The van der Waals surface area contributed by atoms with Crippen molar-refractivity contribution in [3.05, 3.63) is 60.2 Å². The van der Waals surface area contributed by atoms with Crippen LogP contribution in [-0.2, 0) is 6.61 Å². The number of aliphatic imine (C=N–C) groups is 1. The van der Waals surface area contributed by atoms with Gasteiger partial charge in [0.15, 0.2) is 0 Å². The highest BCUT2D eigenvalue weighted by Gasteiger charge is 2.22. The molecule has 0 spiro atoms. The number of amidine groups is 1. The molecule has 130 valence electrons. The van der Waals surface area contributed by atoms with Crippen LogP contribution < -0.4 is 10.1 Å². The number of likely N-dealkylation sites (tertiary alicyclic amines) is 1. The van der Waals surface area contributed by atoms with Gasteiger partial charge in [0.05, 0.1) is 0 Å². The third-order valence-corrected chi connectivity index (χ3v) is 4.44. The molecule has 0 bridgehead atoms. The average Bonchev–Trinajstić information content (AvgIpc) is 2.94. The fourth-order valence-electron chi connectivity index (χ4n) is 2.74. The number of nitrogens with zero attached hydrogens (tertiary/aromatic N) is 2. The first-order chi connectivity index (χ1) is 12.1. The molecular weight excluding hydrogens is 314 g/mol. The number of ether oxygens (including phenoxy) is 1. The quantitative estimate of drug-likeness (QED) is 0.904. The maximum Gasteiger partial charge on any atom is 0.347 e. The van der Waals surface area contributed by atoms with Crippen LogP contribution in [0.1, 0.15) is 25.3 Å². The van der Waals surface area contributed by atoms with Crippen LogP contribution in [0.5, 0.6) is 5.75 Å². The Hall–Kier alpha value is -2.82. The smallest absolute Gasteiger partial charge is 0.347 e. The van der Waals surface area contributed by atoms with Gasteiger partial charge in [-0.25, -0.2) is 4.79 Å². The number of rotatable bonds is 4. The summed E-state index contributed by atoms with van der Waals surface area (Å²) < 4.78 is 5.74. The second kappa shape index (κ2) is 7.83. The maximum absolute atomic E-state index is 12.1. The van der Waals surface area contributed by atoms with E-state index in [1.165, 1.54) is 0 Å². The van der Waals surface area contributed by atoms with Gasteiger partial charge in [-0.15, -0.1) is 0 Å². The zero-order chi connectivity index (χ0) is 17.6. The third kappa shape index (κ3) is 4.59. The lowest BCUT2D eigenvalue weighted by atomic mass is 10.2. The van der Waals surface area contributed by atoms with Crippen LogP contribution in [-0.4, -0.2) is 29.9 Å². The van der Waals surface area contributed by atoms with E-state index in [1.54, 1.807) is 0 Å². The lowest BCUT2D eigenvalue weighted by Crippen LogP contribution is -2.27. The molecule has 5 nitrogen and oxygen atoms in total. The molecule has 1 N–H and O–H groups in total. The molecule has 1 aliphatic heterocycles. The van der Waals surface area contributed by atoms with Gasteiger partial charge in [-0.05, 0) is 43.2 Å². The Labute approximate surface area is 148 Å². The molecule has 0 saturated carbocycles. The predicted octanol–water partition coefficient (Wildman–Crippen LogP) is 4.31. The minimum absolute atomic E-state index is 0.339. The predicted molar refractivity (Wildman–Crippen MR) is 100 cm³/mol. The summed E-state index contributed by atoms with van der Waals surface area (Å²) in [7, 11) is 1.97. The average molecular weight is 337 g/mol. The first kappa shape index (κ1) is 17.0. The molecule has 0 aliphatic carbocycles. The van der Waals surface area contributed by atoms with Crippen LogP contribution in [0.3, 0.4) is 0 Å². The van der Waals surface area contributed by atoms with Gasteiger partial charge in [0, 0.05) is 25.2 Å². The maximum atomic E-state index is 12.1. The van der Waals surface area contributed by atoms with E-state index < -0.39 is 0 Å². The fraction of sp³-hybridized carbons (Fsp3) is 0.300. The highest BCUT2D eigenvalue weighted by atomic mass is 16.5. The molecule has 25 heavy (non-hydrogen) atoms. The summed E-state index contributed by atoms with van der Waals surface area (Å²) in [4.78, 5) is 18.3. The van der Waals surface area contributed by atoms with Crippen molar-refractivity contribution in [3.63, 3.8) is 0 Å². The van der Waals surface area contributed by atoms with Crippen molar-refractivity contribution in [2.24, 2.45) is 4.99 Å². The molecule has 1 unspecified atom stereocenters. The number of carbonyl (C=O) groups excluding carboxylic acids is 1. The van der Waals surface area contributed by atoms with Crippen LogP contribution in [0.25, 0.3) is 0 Å². The number of urea groups is 1. The van der Waals surface area contributed by atoms with E-state index >= 15 is 0 Å². The van der Waals surface area contributed by atoms with E-state index in [-0.39, 0.29) is 6.03 Å². The topological polar surface area (TPSA) is 53.9 Å². The van der Waals surface area contributed by atoms with Crippen LogP contribution >= 0.6 is 0 Å². The van der Waals surface area contributed by atoms with Crippen LogP contribution in [0, 0.1) is 0 Å². The largest absolute Gasteiger partial charge is 0.489 e. The lowest BCUT2D eigenvalue weighted by Gasteiger charge is -2.17. The molecule has 0 aromatic heterocycles. The highest BCUT2D eigenvalue weighted by Crippen LogP contribution is 2.19. The molecule has 5 heteroatoms. The van der Waals surface area contributed by atoms with Gasteiger partial charge in [0.25, 0.3) is 0 Å². The number of anilines is 1. The molecule has 1 heterocycles. The van der Waals surface area contributed by atoms with E-state index in [2.05, 4.69) is 22.1 Å². The summed E-state index contributed by atoms with van der Waals surface area (Å²) in [6.45, 7) is 2.65. The van der Waals surface area contributed by atoms with E-state index in [4.69, 9.17) is 4.74 Å². The molecule has 2 aromatic rings. The standard InChI is InChI=1S/C20H23N3O2/c1-15-8-13-19(23(15)2)22-20(24)21-17-9-11-18(12-10-17)25-14-16-6-4-3-5-7-16/h3-7,9-12,15H,8,13-14H2,1-2H3,(H,21,24)/b22-19-. The van der Waals surface area contributed by atoms with Gasteiger partial charge >= 0.3 is 6.03 Å². The Kier molecular flexibility index (Phi) is 5.33. The number of nitrogens with one attached hydrogen (secondary N) is 1. The summed E-state index contributed by atoms with van der Waals surface area (Å²) in [5, 5.41) is 2.80. The van der Waals surface area contributed by atoms with Gasteiger partial charge in [0.1, 0.15) is 18.2 Å². The number of amides is 2. The molecule has 1 fully saturated rings. The summed E-state index contributed by atoms with van der Waals surface area (Å²) in [6, 6.07) is 17.4. The van der Waals surface area contributed by atoms with E-state index in [0.29, 0.717) is 18.3 Å². The number of benzene rings is 2. The molecule has 1 saturated heterocycles. The van der Waals surface area contributed by atoms with Crippen LogP contribution in [0.2, 0.25) is 0 Å². The Morgan fingerprint density at radius 3 is 2.56 bits per heavy atom. The zero-order valence-corrected chi connectivity index (χ0v) is 14.6. The van der Waals surface area contributed by atoms with E-state index in [0.717, 1.165) is 30.0 Å². The Morgan fingerprint density at radius 2 is 1.92 bits per heavy atom. The zero-order valence-electron chi connectivity index (χ0n) is 14.6. The molecule has 2 amide bonds. The minimum Gasteiger partial charge on any atom is -0.489 e. The molecular formula is C20H23N3O2. The molecule has 3 rings (SSSR count). The monoisotopic (exact) mass is 337 g/mol. The van der Waals surface area contributed by atoms with Gasteiger partial charge in [-0.2, -0.15) is 4.99 Å². The van der Waals surface area contributed by atoms with Gasteiger partial charge in [-0.3, -0.25) is 0 Å². The van der Waals surface area contributed by atoms with E-state index in [9.17, 15) is 4.79 Å². The summed E-state index contributed by atoms with van der Waals surface area (Å²) in [6.07, 6.45) is 1.88. The second-order valence-corrected chi connectivity index (χ2v) is 6.26. The minimum atomic E-state index is -0.339. The molecule has 0 radical (unpaired) electrons. The first-order valence-electron chi connectivity index (χ1n) is 8.50. The Bertz CT molecular complexity index is 741. The lowest BCUT2D eigenvalue weighted by molar-refractivity contribution is 0.259. The van der Waals surface area contributed by atoms with Crippen molar-refractivity contribution >= 4 is 17.6 Å². The van der Waals surface area contributed by atoms with Gasteiger partial charge in [0.2, 0.25) is 0 Å². The molecule has 1 aliphatic rings. The summed E-state index contributed by atoms with van der Waals surface area (Å²) in [5.41, 5.74) is 1.82. The van der Waals surface area contributed by atoms with Gasteiger partial charge in [-0.1, -0.05) is 30.3 Å². The molecule has 1 atom stereocenters. The number of hydrogen-bond acceptors (Lipinski definition) is 2. The van der Waals surface area contributed by atoms with E-state index in [1.807, 2.05) is 61.6 Å². The SMILES string of the molecule is CC1CC/C(=N/C(=O)Nc2ccc(OCc3ccccc3)cc2)N1C. The van der Waals surface area contributed by atoms with Crippen molar-refractivity contribution in [1.82, 2.24) is 4.90 Å². The number of carbonyl (C=O) groups is 1. The summed E-state index contributed by atoms with van der Waals surface area (Å²) >= 11 is 0. The first-order valence-corrected chi connectivity index (χ1v) is 8.50. The normalized spacial score (nSPS) is 18.4. The van der Waals surface area contributed by atoms with Crippen molar-refractivity contribution in [2.75, 3.05) is 12.4 Å². The Balaban J connectivity index is 1.54. The van der Waals surface area contributed by atoms with Crippen molar-refractivity contribution in [3.8, 4) is 5.75 Å². The fourth-order valence-corrected chi connectivity index (χ4v) is 2.74. The van der Waals surface area contributed by atoms with Crippen molar-refractivity contribution < 1.29 is 9.53 Å². The van der Waals surface area contributed by atoms with Crippen LogP contribution in [0.4, 0.5) is 10.5 Å². The Morgan fingerprint density at radius 1 is 1.20 bits per heavy atom. The van der Waals surface area contributed by atoms with Crippen LogP contribution in [0.15, 0.2) is 59.6 Å². The number of hydrogen-bond donors (Lipinski definition) is 1. The highest BCUT2D eigenvalue weighted by molar-refractivity contribution is 6.00.